The first-order valence-corrected chi connectivity index (χ1v) is 10.4. The zero-order valence-electron chi connectivity index (χ0n) is 17.7. The molecule has 8 heteroatoms. The second kappa shape index (κ2) is 8.43. The van der Waals surface area contributed by atoms with E-state index in [0.717, 1.165) is 11.1 Å². The lowest BCUT2D eigenvalue weighted by Gasteiger charge is -2.10. The summed E-state index contributed by atoms with van der Waals surface area (Å²) in [6, 6.07) is 15.3. The van der Waals surface area contributed by atoms with E-state index in [1.165, 1.54) is 25.1 Å². The number of oxazole rings is 1. The van der Waals surface area contributed by atoms with Gasteiger partial charge in [0.15, 0.2) is 5.58 Å². The summed E-state index contributed by atoms with van der Waals surface area (Å²) in [6.45, 7) is 5.76. The maximum absolute atomic E-state index is 12.8. The Morgan fingerprint density at radius 3 is 2.66 bits per heavy atom. The Balaban J connectivity index is 1.67. The standard InChI is InChI=1S/C24H20ClN3O4/c1-13(2)15-8-10-22-20(11-15)27-24(32-22)16-7-9-18(25)19(12-16)26-23(29)17-5-4-6-21(14(17)3)28(30)31/h4-13H,1-3H3,(H,26,29). The number of fused-ring (bicyclic) bond motifs is 1. The molecule has 162 valence electrons. The van der Waals surface area contributed by atoms with E-state index in [-0.39, 0.29) is 16.8 Å². The predicted octanol–water partition coefficient (Wildman–Crippen LogP) is 6.74. The van der Waals surface area contributed by atoms with Crippen molar-refractivity contribution in [3.05, 3.63) is 86.4 Å². The molecule has 0 aliphatic rings. The third kappa shape index (κ3) is 4.07. The molecule has 1 amide bonds. The third-order valence-corrected chi connectivity index (χ3v) is 5.62. The van der Waals surface area contributed by atoms with Crippen molar-refractivity contribution in [2.45, 2.75) is 26.7 Å². The van der Waals surface area contributed by atoms with Crippen LogP contribution in [-0.4, -0.2) is 15.8 Å². The minimum atomic E-state index is -0.516. The molecule has 7 nitrogen and oxygen atoms in total. The molecule has 4 rings (SSSR count). The fourth-order valence-corrected chi connectivity index (χ4v) is 3.60. The van der Waals surface area contributed by atoms with Crippen LogP contribution in [0.3, 0.4) is 0 Å². The molecule has 0 radical (unpaired) electrons. The van der Waals surface area contributed by atoms with Crippen LogP contribution in [0.25, 0.3) is 22.6 Å². The number of carbonyl (C=O) groups excluding carboxylic acids is 1. The van der Waals surface area contributed by atoms with Crippen molar-refractivity contribution in [3.63, 3.8) is 0 Å². The fourth-order valence-electron chi connectivity index (χ4n) is 3.44. The summed E-state index contributed by atoms with van der Waals surface area (Å²) in [6.07, 6.45) is 0. The van der Waals surface area contributed by atoms with Gasteiger partial charge in [-0.25, -0.2) is 4.98 Å². The van der Waals surface area contributed by atoms with Gasteiger partial charge in [-0.1, -0.05) is 37.6 Å². The van der Waals surface area contributed by atoms with Crippen molar-refractivity contribution < 1.29 is 14.1 Å². The van der Waals surface area contributed by atoms with Gasteiger partial charge in [-0.05, 0) is 54.8 Å². The van der Waals surface area contributed by atoms with Crippen molar-refractivity contribution >= 4 is 40.0 Å². The van der Waals surface area contributed by atoms with Crippen LogP contribution < -0.4 is 5.32 Å². The third-order valence-electron chi connectivity index (χ3n) is 5.29. The number of nitrogens with one attached hydrogen (secondary N) is 1. The minimum Gasteiger partial charge on any atom is -0.436 e. The average Bonchev–Trinajstić information content (AvgIpc) is 3.18. The summed E-state index contributed by atoms with van der Waals surface area (Å²) < 4.78 is 5.89. The molecule has 0 bridgehead atoms. The number of nitro groups is 1. The van der Waals surface area contributed by atoms with Crippen LogP contribution in [0.5, 0.6) is 0 Å². The van der Waals surface area contributed by atoms with Gasteiger partial charge in [-0.15, -0.1) is 0 Å². The van der Waals surface area contributed by atoms with Crippen LogP contribution in [0, 0.1) is 17.0 Å². The summed E-state index contributed by atoms with van der Waals surface area (Å²) in [5, 5.41) is 14.2. The quantitative estimate of drug-likeness (QED) is 0.268. The molecule has 3 aromatic carbocycles. The largest absolute Gasteiger partial charge is 0.436 e. The molecule has 0 atom stereocenters. The van der Waals surface area contributed by atoms with Crippen molar-refractivity contribution in [1.29, 1.82) is 0 Å². The number of carbonyl (C=O) groups is 1. The summed E-state index contributed by atoms with van der Waals surface area (Å²) in [4.78, 5) is 28.1. The molecule has 0 unspecified atom stereocenters. The molecule has 0 aliphatic carbocycles. The lowest BCUT2D eigenvalue weighted by molar-refractivity contribution is -0.385. The first-order chi connectivity index (χ1) is 15.2. The second-order valence-electron chi connectivity index (χ2n) is 7.76. The van der Waals surface area contributed by atoms with Gasteiger partial charge in [0, 0.05) is 22.8 Å². The van der Waals surface area contributed by atoms with Crippen molar-refractivity contribution in [3.8, 4) is 11.5 Å². The number of rotatable bonds is 5. The monoisotopic (exact) mass is 449 g/mol. The molecular weight excluding hydrogens is 430 g/mol. The number of nitro benzene ring substituents is 1. The molecule has 0 aliphatic heterocycles. The van der Waals surface area contributed by atoms with Crippen LogP contribution in [0.2, 0.25) is 5.02 Å². The number of hydrogen-bond acceptors (Lipinski definition) is 5. The van der Waals surface area contributed by atoms with Gasteiger partial charge in [-0.2, -0.15) is 0 Å². The van der Waals surface area contributed by atoms with Crippen LogP contribution in [-0.2, 0) is 0 Å². The normalized spacial score (nSPS) is 11.2. The number of halogens is 1. The van der Waals surface area contributed by atoms with Crippen molar-refractivity contribution in [1.82, 2.24) is 4.98 Å². The Morgan fingerprint density at radius 1 is 1.16 bits per heavy atom. The molecule has 4 aromatic rings. The SMILES string of the molecule is Cc1c(C(=O)Nc2cc(-c3nc4cc(C(C)C)ccc4o3)ccc2Cl)cccc1[N+](=O)[O-]. The van der Waals surface area contributed by atoms with Gasteiger partial charge in [0.25, 0.3) is 11.6 Å². The van der Waals surface area contributed by atoms with Gasteiger partial charge >= 0.3 is 0 Å². The van der Waals surface area contributed by atoms with Crippen LogP contribution in [0.15, 0.2) is 59.0 Å². The van der Waals surface area contributed by atoms with Gasteiger partial charge in [0.2, 0.25) is 5.89 Å². The lowest BCUT2D eigenvalue weighted by Crippen LogP contribution is -2.14. The highest BCUT2D eigenvalue weighted by Crippen LogP contribution is 2.32. The highest BCUT2D eigenvalue weighted by Gasteiger charge is 2.19. The maximum Gasteiger partial charge on any atom is 0.273 e. The predicted molar refractivity (Wildman–Crippen MR) is 124 cm³/mol. The fraction of sp³-hybridized carbons (Fsp3) is 0.167. The van der Waals surface area contributed by atoms with Gasteiger partial charge in [-0.3, -0.25) is 14.9 Å². The summed E-state index contributed by atoms with van der Waals surface area (Å²) in [5.74, 6) is 0.276. The number of benzene rings is 3. The number of hydrogen-bond donors (Lipinski definition) is 1. The van der Waals surface area contributed by atoms with Gasteiger partial charge < -0.3 is 9.73 Å². The molecule has 32 heavy (non-hydrogen) atoms. The smallest absolute Gasteiger partial charge is 0.273 e. The lowest BCUT2D eigenvalue weighted by atomic mass is 10.0. The topological polar surface area (TPSA) is 98.3 Å². The molecule has 1 heterocycles. The molecule has 1 aromatic heterocycles. The second-order valence-corrected chi connectivity index (χ2v) is 8.16. The van der Waals surface area contributed by atoms with E-state index in [2.05, 4.69) is 24.1 Å². The van der Waals surface area contributed by atoms with Gasteiger partial charge in [0.05, 0.1) is 15.6 Å². The molecular formula is C24H20ClN3O4. The Bertz CT molecular complexity index is 1360. The van der Waals surface area contributed by atoms with E-state index < -0.39 is 10.8 Å². The van der Waals surface area contributed by atoms with E-state index in [4.69, 9.17) is 16.0 Å². The number of nitrogens with zero attached hydrogens (tertiary/aromatic N) is 2. The van der Waals surface area contributed by atoms with Crippen molar-refractivity contribution in [2.75, 3.05) is 5.32 Å². The van der Waals surface area contributed by atoms with E-state index in [1.807, 2.05) is 18.2 Å². The number of amides is 1. The Morgan fingerprint density at radius 2 is 1.94 bits per heavy atom. The zero-order valence-corrected chi connectivity index (χ0v) is 18.4. The van der Waals surface area contributed by atoms with Crippen LogP contribution >= 0.6 is 11.6 Å². The van der Waals surface area contributed by atoms with E-state index in [9.17, 15) is 14.9 Å². The van der Waals surface area contributed by atoms with Crippen LogP contribution in [0.4, 0.5) is 11.4 Å². The first-order valence-electron chi connectivity index (χ1n) is 10.0. The summed E-state index contributed by atoms with van der Waals surface area (Å²) >= 11 is 6.30. The first kappa shape index (κ1) is 21.5. The van der Waals surface area contributed by atoms with Crippen LogP contribution in [0.1, 0.15) is 41.3 Å². The van der Waals surface area contributed by atoms with E-state index >= 15 is 0 Å². The highest BCUT2D eigenvalue weighted by molar-refractivity contribution is 6.34. The molecule has 0 saturated carbocycles. The zero-order chi connectivity index (χ0) is 23.0. The maximum atomic E-state index is 12.8. The minimum absolute atomic E-state index is 0.121. The average molecular weight is 450 g/mol. The number of anilines is 1. The van der Waals surface area contributed by atoms with E-state index in [0.29, 0.717) is 33.7 Å². The van der Waals surface area contributed by atoms with E-state index in [1.54, 1.807) is 18.2 Å². The number of aromatic nitrogens is 1. The Hall–Kier alpha value is -3.71. The Kier molecular flexibility index (Phi) is 5.67. The Labute approximate surface area is 189 Å². The molecule has 0 saturated heterocycles. The summed E-state index contributed by atoms with van der Waals surface area (Å²) in [7, 11) is 0. The molecule has 0 spiro atoms. The molecule has 0 fully saturated rings. The molecule has 1 N–H and O–H groups in total. The van der Waals surface area contributed by atoms with Gasteiger partial charge in [0.1, 0.15) is 5.52 Å². The highest BCUT2D eigenvalue weighted by atomic mass is 35.5. The van der Waals surface area contributed by atoms with Crippen molar-refractivity contribution in [2.24, 2.45) is 0 Å². The summed E-state index contributed by atoms with van der Waals surface area (Å²) in [5.41, 5.74) is 3.92.